The molecule has 0 amide bonds. The smallest absolute Gasteiger partial charge is 0.200 e. The molecule has 0 radical (unpaired) electrons. The van der Waals surface area contributed by atoms with Crippen LogP contribution in [0.4, 0.5) is 0 Å². The molecule has 140 valence electrons. The van der Waals surface area contributed by atoms with Crippen LogP contribution in [0.3, 0.4) is 0 Å². The number of morpholine rings is 1. The van der Waals surface area contributed by atoms with Crippen molar-refractivity contribution in [2.75, 3.05) is 26.3 Å². The Labute approximate surface area is 165 Å². The van der Waals surface area contributed by atoms with Gasteiger partial charge in [-0.3, -0.25) is 9.69 Å². The first-order valence-electron chi connectivity index (χ1n) is 8.56. The molecule has 1 aliphatic rings. The Morgan fingerprint density at radius 3 is 2.59 bits per heavy atom. The molecule has 0 aliphatic carbocycles. The van der Waals surface area contributed by atoms with Gasteiger partial charge in [-0.15, -0.1) is 0 Å². The largest absolute Gasteiger partial charge is 0.507 e. The molecule has 1 fully saturated rings. The third-order valence-corrected chi connectivity index (χ3v) is 5.27. The molecule has 5 nitrogen and oxygen atoms in total. The topological polar surface area (TPSA) is 62.9 Å². The Bertz CT molecular complexity index is 1060. The van der Waals surface area contributed by atoms with Gasteiger partial charge in [-0.1, -0.05) is 29.3 Å². The predicted molar refractivity (Wildman–Crippen MR) is 106 cm³/mol. The zero-order valence-electron chi connectivity index (χ0n) is 14.4. The molecule has 0 atom stereocenters. The van der Waals surface area contributed by atoms with Gasteiger partial charge >= 0.3 is 0 Å². The minimum atomic E-state index is -0.205. The van der Waals surface area contributed by atoms with Crippen molar-refractivity contribution in [3.63, 3.8) is 0 Å². The van der Waals surface area contributed by atoms with Crippen LogP contribution in [0.2, 0.25) is 10.0 Å². The summed E-state index contributed by atoms with van der Waals surface area (Å²) in [6.07, 6.45) is 1.39. The van der Waals surface area contributed by atoms with Crippen LogP contribution in [-0.4, -0.2) is 36.3 Å². The monoisotopic (exact) mass is 405 g/mol. The maximum atomic E-state index is 13.1. The van der Waals surface area contributed by atoms with Crippen molar-refractivity contribution >= 4 is 34.2 Å². The number of nitrogens with zero attached hydrogens (tertiary/aromatic N) is 1. The molecule has 7 heteroatoms. The Kier molecular flexibility index (Phi) is 5.10. The summed E-state index contributed by atoms with van der Waals surface area (Å²) < 4.78 is 11.2. The lowest BCUT2D eigenvalue weighted by Crippen LogP contribution is -2.35. The van der Waals surface area contributed by atoms with Gasteiger partial charge in [0.15, 0.2) is 0 Å². The van der Waals surface area contributed by atoms with Gasteiger partial charge in [0.2, 0.25) is 5.43 Å². The summed E-state index contributed by atoms with van der Waals surface area (Å²) in [6.45, 7) is 3.30. The molecule has 3 aromatic rings. The number of benzene rings is 2. The van der Waals surface area contributed by atoms with Gasteiger partial charge in [0.25, 0.3) is 0 Å². The van der Waals surface area contributed by atoms with E-state index in [1.165, 1.54) is 12.3 Å². The molecular formula is C20H17Cl2NO4. The lowest BCUT2D eigenvalue weighted by molar-refractivity contribution is 0.0339. The van der Waals surface area contributed by atoms with Crippen LogP contribution in [0.25, 0.3) is 22.1 Å². The molecule has 1 saturated heterocycles. The minimum Gasteiger partial charge on any atom is -0.507 e. The average molecular weight is 406 g/mol. The summed E-state index contributed by atoms with van der Waals surface area (Å²) in [5.41, 5.74) is 1.69. The quantitative estimate of drug-likeness (QED) is 0.703. The van der Waals surface area contributed by atoms with Crippen molar-refractivity contribution in [3.05, 3.63) is 62.4 Å². The molecule has 4 rings (SSSR count). The summed E-state index contributed by atoms with van der Waals surface area (Å²) >= 11 is 12.2. The van der Waals surface area contributed by atoms with E-state index in [-0.39, 0.29) is 11.2 Å². The summed E-state index contributed by atoms with van der Waals surface area (Å²) in [6, 6.07) is 8.06. The lowest BCUT2D eigenvalue weighted by Gasteiger charge is -2.27. The highest BCUT2D eigenvalue weighted by Gasteiger charge is 2.19. The van der Waals surface area contributed by atoms with Gasteiger partial charge in [0, 0.05) is 30.2 Å². The second-order valence-corrected chi connectivity index (χ2v) is 7.27. The first-order chi connectivity index (χ1) is 13.0. The van der Waals surface area contributed by atoms with Gasteiger partial charge in [-0.2, -0.15) is 0 Å². The zero-order chi connectivity index (χ0) is 19.0. The number of ether oxygens (including phenoxy) is 1. The molecule has 0 bridgehead atoms. The maximum Gasteiger partial charge on any atom is 0.200 e. The van der Waals surface area contributed by atoms with Gasteiger partial charge in [0.1, 0.15) is 17.6 Å². The van der Waals surface area contributed by atoms with Crippen molar-refractivity contribution in [2.24, 2.45) is 0 Å². The first kappa shape index (κ1) is 18.3. The highest BCUT2D eigenvalue weighted by atomic mass is 35.5. The molecule has 0 saturated carbocycles. The normalized spacial score (nSPS) is 15.3. The van der Waals surface area contributed by atoms with E-state index in [0.717, 1.165) is 13.1 Å². The van der Waals surface area contributed by atoms with E-state index in [9.17, 15) is 9.90 Å². The minimum absolute atomic E-state index is 0.106. The second-order valence-electron chi connectivity index (χ2n) is 6.43. The molecule has 2 aromatic carbocycles. The highest BCUT2D eigenvalue weighted by Crippen LogP contribution is 2.32. The maximum absolute atomic E-state index is 13.1. The Hall–Kier alpha value is -2.05. The van der Waals surface area contributed by atoms with Gasteiger partial charge < -0.3 is 14.3 Å². The third-order valence-electron chi connectivity index (χ3n) is 4.73. The summed E-state index contributed by atoms with van der Waals surface area (Å²) in [5, 5.41) is 11.6. The average Bonchev–Trinajstić information content (AvgIpc) is 2.66. The van der Waals surface area contributed by atoms with Crippen LogP contribution in [-0.2, 0) is 11.3 Å². The Balaban J connectivity index is 1.82. The number of hydrogen-bond donors (Lipinski definition) is 1. The van der Waals surface area contributed by atoms with Crippen molar-refractivity contribution < 1.29 is 14.3 Å². The summed E-state index contributed by atoms with van der Waals surface area (Å²) in [5.74, 6) is 0.106. The van der Waals surface area contributed by atoms with Crippen molar-refractivity contribution in [3.8, 4) is 16.9 Å². The van der Waals surface area contributed by atoms with E-state index in [4.69, 9.17) is 32.4 Å². The number of halogens is 2. The number of rotatable bonds is 3. The predicted octanol–water partition coefficient (Wildman–Crippen LogP) is 4.30. The van der Waals surface area contributed by atoms with E-state index in [1.807, 2.05) is 0 Å². The second kappa shape index (κ2) is 7.52. The molecule has 0 spiro atoms. The van der Waals surface area contributed by atoms with Gasteiger partial charge in [-0.25, -0.2) is 0 Å². The van der Waals surface area contributed by atoms with Gasteiger partial charge in [-0.05, 0) is 24.3 Å². The molecule has 27 heavy (non-hydrogen) atoms. The van der Waals surface area contributed by atoms with Crippen molar-refractivity contribution in [1.82, 2.24) is 4.90 Å². The van der Waals surface area contributed by atoms with Crippen LogP contribution in [0.5, 0.6) is 5.75 Å². The fourth-order valence-corrected chi connectivity index (χ4v) is 3.79. The Morgan fingerprint density at radius 2 is 1.85 bits per heavy atom. The molecule has 1 aromatic heterocycles. The molecule has 1 aliphatic heterocycles. The number of phenolic OH excluding ortho intramolecular Hbond substituents is 1. The number of hydrogen-bond acceptors (Lipinski definition) is 5. The van der Waals surface area contributed by atoms with E-state index < -0.39 is 0 Å². The Morgan fingerprint density at radius 1 is 1.07 bits per heavy atom. The zero-order valence-corrected chi connectivity index (χ0v) is 15.9. The molecule has 1 N–H and O–H groups in total. The van der Waals surface area contributed by atoms with Crippen LogP contribution >= 0.6 is 23.2 Å². The lowest BCUT2D eigenvalue weighted by atomic mass is 10.0. The summed E-state index contributed by atoms with van der Waals surface area (Å²) in [4.78, 5) is 15.2. The fraction of sp³-hybridized carbons (Fsp3) is 0.250. The van der Waals surface area contributed by atoms with Gasteiger partial charge in [0.05, 0.1) is 34.7 Å². The molecular weight excluding hydrogens is 389 g/mol. The summed E-state index contributed by atoms with van der Waals surface area (Å²) in [7, 11) is 0. The van der Waals surface area contributed by atoms with Crippen molar-refractivity contribution in [2.45, 2.75) is 6.54 Å². The SMILES string of the molecule is O=c1c(-c2ccc(Cl)cc2Cl)coc2c(CN3CCOCC3)c(O)ccc12. The number of aromatic hydroxyl groups is 1. The fourth-order valence-electron chi connectivity index (χ4n) is 3.28. The van der Waals surface area contributed by atoms with Crippen LogP contribution in [0, 0.1) is 0 Å². The van der Waals surface area contributed by atoms with Crippen LogP contribution < -0.4 is 5.43 Å². The third kappa shape index (κ3) is 3.56. The number of phenols is 1. The van der Waals surface area contributed by atoms with Crippen molar-refractivity contribution in [1.29, 1.82) is 0 Å². The molecule has 2 heterocycles. The van der Waals surface area contributed by atoms with E-state index in [2.05, 4.69) is 4.90 Å². The van der Waals surface area contributed by atoms with E-state index in [1.54, 1.807) is 24.3 Å². The number of fused-ring (bicyclic) bond motifs is 1. The standard InChI is InChI=1S/C20H17Cl2NO4/c21-12-1-2-13(17(22)9-12)16-11-27-20-14(19(16)25)3-4-18(24)15(20)10-23-5-7-26-8-6-23/h1-4,9,11,24H,5-8,10H2. The first-order valence-corrected chi connectivity index (χ1v) is 9.32. The van der Waals surface area contributed by atoms with Crippen LogP contribution in [0.15, 0.2) is 45.8 Å². The van der Waals surface area contributed by atoms with Crippen LogP contribution in [0.1, 0.15) is 5.56 Å². The molecule has 0 unspecified atom stereocenters. The highest BCUT2D eigenvalue weighted by molar-refractivity contribution is 6.36. The van der Waals surface area contributed by atoms with E-state index in [0.29, 0.717) is 57.5 Å². The van der Waals surface area contributed by atoms with E-state index >= 15 is 0 Å².